The standard InChI is InChI=1S/C19H23ClN2O4/c1-12-4-13(2-3-16(12)20)9-25-10-14-7-22(8-14)17(23)15-5-19(6-15)11-26-18(24)21-19/h2-4,14-15H,5-11H2,1H3,(H,21,24)/t15-,19+. The first-order valence-electron chi connectivity index (χ1n) is 9.01. The summed E-state index contributed by atoms with van der Waals surface area (Å²) in [7, 11) is 0. The highest BCUT2D eigenvalue weighted by Crippen LogP contribution is 2.42. The van der Waals surface area contributed by atoms with E-state index in [4.69, 9.17) is 21.1 Å². The first kappa shape index (κ1) is 17.6. The van der Waals surface area contributed by atoms with Gasteiger partial charge in [-0.3, -0.25) is 4.79 Å². The lowest BCUT2D eigenvalue weighted by Crippen LogP contribution is -2.61. The maximum absolute atomic E-state index is 12.5. The van der Waals surface area contributed by atoms with Crippen molar-refractivity contribution >= 4 is 23.6 Å². The zero-order valence-electron chi connectivity index (χ0n) is 14.8. The number of carbonyl (C=O) groups excluding carboxylic acids is 2. The number of cyclic esters (lactones) is 1. The first-order chi connectivity index (χ1) is 12.4. The molecule has 4 rings (SSSR count). The van der Waals surface area contributed by atoms with E-state index in [9.17, 15) is 9.59 Å². The van der Waals surface area contributed by atoms with Crippen LogP contribution in [-0.4, -0.2) is 48.7 Å². The van der Waals surface area contributed by atoms with Crippen LogP contribution in [0.15, 0.2) is 18.2 Å². The van der Waals surface area contributed by atoms with Gasteiger partial charge in [0.2, 0.25) is 5.91 Å². The molecule has 0 bridgehead atoms. The Morgan fingerprint density at radius 2 is 2.19 bits per heavy atom. The summed E-state index contributed by atoms with van der Waals surface area (Å²) in [5, 5.41) is 3.59. The largest absolute Gasteiger partial charge is 0.447 e. The smallest absolute Gasteiger partial charge is 0.407 e. The van der Waals surface area contributed by atoms with E-state index in [0.29, 0.717) is 38.6 Å². The number of carbonyl (C=O) groups is 2. The Bertz CT molecular complexity index is 726. The van der Waals surface area contributed by atoms with Gasteiger partial charge in [-0.05, 0) is 37.0 Å². The van der Waals surface area contributed by atoms with Gasteiger partial charge in [-0.2, -0.15) is 0 Å². The minimum absolute atomic E-state index is 0.0101. The Balaban J connectivity index is 1.15. The highest BCUT2D eigenvalue weighted by molar-refractivity contribution is 6.31. The second kappa shape index (κ2) is 6.74. The summed E-state index contributed by atoms with van der Waals surface area (Å²) in [6.45, 7) is 5.10. The Morgan fingerprint density at radius 1 is 1.42 bits per heavy atom. The van der Waals surface area contributed by atoms with Crippen molar-refractivity contribution in [1.82, 2.24) is 10.2 Å². The monoisotopic (exact) mass is 378 g/mol. The number of nitrogens with zero attached hydrogens (tertiary/aromatic N) is 1. The van der Waals surface area contributed by atoms with E-state index >= 15 is 0 Å². The van der Waals surface area contributed by atoms with Crippen molar-refractivity contribution in [2.75, 3.05) is 26.3 Å². The van der Waals surface area contributed by atoms with Crippen molar-refractivity contribution in [1.29, 1.82) is 0 Å². The predicted octanol–water partition coefficient (Wildman–Crippen LogP) is 2.51. The molecule has 2 saturated heterocycles. The fourth-order valence-electron chi connectivity index (χ4n) is 4.02. The van der Waals surface area contributed by atoms with E-state index < -0.39 is 0 Å². The topological polar surface area (TPSA) is 67.9 Å². The summed E-state index contributed by atoms with van der Waals surface area (Å²) < 4.78 is 10.7. The zero-order chi connectivity index (χ0) is 18.3. The van der Waals surface area contributed by atoms with Crippen molar-refractivity contribution in [2.45, 2.75) is 31.9 Å². The summed E-state index contributed by atoms with van der Waals surface area (Å²) >= 11 is 6.03. The molecule has 26 heavy (non-hydrogen) atoms. The number of hydrogen-bond acceptors (Lipinski definition) is 4. The number of aryl methyl sites for hydroxylation is 1. The highest BCUT2D eigenvalue weighted by atomic mass is 35.5. The summed E-state index contributed by atoms with van der Waals surface area (Å²) in [4.78, 5) is 25.5. The van der Waals surface area contributed by atoms with Crippen LogP contribution in [-0.2, 0) is 20.9 Å². The third-order valence-electron chi connectivity index (χ3n) is 5.58. The van der Waals surface area contributed by atoms with Gasteiger partial charge < -0.3 is 19.7 Å². The van der Waals surface area contributed by atoms with Crippen molar-refractivity contribution in [3.63, 3.8) is 0 Å². The van der Waals surface area contributed by atoms with Crippen molar-refractivity contribution in [3.05, 3.63) is 34.3 Å². The van der Waals surface area contributed by atoms with E-state index in [1.165, 1.54) is 0 Å². The number of rotatable bonds is 5. The van der Waals surface area contributed by atoms with Crippen LogP contribution in [0.4, 0.5) is 4.79 Å². The van der Waals surface area contributed by atoms with Gasteiger partial charge in [-0.15, -0.1) is 0 Å². The quantitative estimate of drug-likeness (QED) is 0.854. The summed E-state index contributed by atoms with van der Waals surface area (Å²) in [5.41, 5.74) is 1.87. The summed E-state index contributed by atoms with van der Waals surface area (Å²) in [6, 6.07) is 5.91. The summed E-state index contributed by atoms with van der Waals surface area (Å²) in [6.07, 6.45) is 1.00. The molecule has 0 aromatic heterocycles. The summed E-state index contributed by atoms with van der Waals surface area (Å²) in [5.74, 6) is 0.605. The Labute approximate surface area is 157 Å². The fraction of sp³-hybridized carbons (Fsp3) is 0.579. The minimum Gasteiger partial charge on any atom is -0.447 e. The van der Waals surface area contributed by atoms with Crippen LogP contribution >= 0.6 is 11.6 Å². The SMILES string of the molecule is Cc1cc(COCC2CN(C(=O)[C@H]3C[C@]4(COC(=O)N4)C3)C2)ccc1Cl. The molecule has 0 unspecified atom stereocenters. The molecule has 1 aromatic carbocycles. The van der Waals surface area contributed by atoms with Gasteiger partial charge in [0.25, 0.3) is 0 Å². The number of likely N-dealkylation sites (tertiary alicyclic amines) is 1. The van der Waals surface area contributed by atoms with Crippen LogP contribution in [0.2, 0.25) is 5.02 Å². The van der Waals surface area contributed by atoms with E-state index in [1.807, 2.05) is 30.0 Å². The average molecular weight is 379 g/mol. The fourth-order valence-corrected chi connectivity index (χ4v) is 4.14. The molecule has 2 heterocycles. The van der Waals surface area contributed by atoms with E-state index in [-0.39, 0.29) is 23.5 Å². The van der Waals surface area contributed by atoms with Crippen LogP contribution in [0.5, 0.6) is 0 Å². The average Bonchev–Trinajstić information content (AvgIpc) is 2.93. The molecule has 3 aliphatic rings. The second-order valence-electron chi connectivity index (χ2n) is 7.79. The van der Waals surface area contributed by atoms with Gasteiger partial charge in [0.05, 0.1) is 18.8 Å². The number of hydrogen-bond donors (Lipinski definition) is 1. The van der Waals surface area contributed by atoms with E-state index in [2.05, 4.69) is 5.32 Å². The predicted molar refractivity (Wildman–Crippen MR) is 95.9 cm³/mol. The van der Waals surface area contributed by atoms with Crippen molar-refractivity contribution in [2.24, 2.45) is 11.8 Å². The highest BCUT2D eigenvalue weighted by Gasteiger charge is 2.54. The molecule has 1 aliphatic carbocycles. The number of ether oxygens (including phenoxy) is 2. The molecule has 2 aliphatic heterocycles. The lowest BCUT2D eigenvalue weighted by molar-refractivity contribution is -0.149. The first-order valence-corrected chi connectivity index (χ1v) is 9.38. The molecular weight excluding hydrogens is 356 g/mol. The number of amides is 2. The van der Waals surface area contributed by atoms with Gasteiger partial charge in [-0.1, -0.05) is 23.7 Å². The Kier molecular flexibility index (Phi) is 4.57. The molecule has 7 heteroatoms. The normalized spacial score (nSPS) is 27.7. The van der Waals surface area contributed by atoms with Gasteiger partial charge in [-0.25, -0.2) is 4.79 Å². The van der Waals surface area contributed by atoms with Crippen LogP contribution in [0.1, 0.15) is 24.0 Å². The minimum atomic E-state index is -0.368. The van der Waals surface area contributed by atoms with Gasteiger partial charge >= 0.3 is 6.09 Å². The van der Waals surface area contributed by atoms with Crippen LogP contribution < -0.4 is 5.32 Å². The Hall–Kier alpha value is -1.79. The van der Waals surface area contributed by atoms with Crippen LogP contribution in [0.3, 0.4) is 0 Å². The number of nitrogens with one attached hydrogen (secondary N) is 1. The molecule has 1 N–H and O–H groups in total. The molecule has 140 valence electrons. The van der Waals surface area contributed by atoms with Crippen molar-refractivity contribution in [3.8, 4) is 0 Å². The zero-order valence-corrected chi connectivity index (χ0v) is 15.6. The lowest BCUT2D eigenvalue weighted by atomic mass is 9.68. The number of halogens is 1. The molecular formula is C19H23ClN2O4. The third kappa shape index (κ3) is 3.40. The van der Waals surface area contributed by atoms with E-state index in [0.717, 1.165) is 29.2 Å². The molecule has 0 atom stereocenters. The lowest BCUT2D eigenvalue weighted by Gasteiger charge is -2.47. The van der Waals surface area contributed by atoms with Crippen LogP contribution in [0, 0.1) is 18.8 Å². The van der Waals surface area contributed by atoms with Crippen LogP contribution in [0.25, 0.3) is 0 Å². The van der Waals surface area contributed by atoms with Gasteiger partial charge in [0.1, 0.15) is 6.61 Å². The molecule has 1 aromatic rings. The van der Waals surface area contributed by atoms with Crippen molar-refractivity contribution < 1.29 is 19.1 Å². The Morgan fingerprint density at radius 3 is 2.85 bits per heavy atom. The number of alkyl carbamates (subject to hydrolysis) is 1. The van der Waals surface area contributed by atoms with E-state index in [1.54, 1.807) is 0 Å². The maximum atomic E-state index is 12.5. The molecule has 6 nitrogen and oxygen atoms in total. The molecule has 0 radical (unpaired) electrons. The molecule has 1 spiro atoms. The molecule has 1 saturated carbocycles. The van der Waals surface area contributed by atoms with Gasteiger partial charge in [0.15, 0.2) is 0 Å². The third-order valence-corrected chi connectivity index (χ3v) is 6.01. The molecule has 3 fully saturated rings. The second-order valence-corrected chi connectivity index (χ2v) is 8.20. The number of benzene rings is 1. The van der Waals surface area contributed by atoms with Gasteiger partial charge in [0, 0.05) is 29.9 Å². The maximum Gasteiger partial charge on any atom is 0.407 e. The molecule has 2 amide bonds.